The third-order valence-corrected chi connectivity index (χ3v) is 3.16. The maximum absolute atomic E-state index is 12.4. The fourth-order valence-electron chi connectivity index (χ4n) is 2.09. The standard InChI is InChI=1S/C17H18N2O5/c1-11(2)24-17(18-9-13-4-3-7-21-13)19-16(20)12-5-6-14-15(8-12)23-10-22-14/h3-8,11H,9-10H2,1-2H3,(H,18,19,20). The second kappa shape index (κ2) is 7.08. The van der Waals surface area contributed by atoms with Gasteiger partial charge in [-0.1, -0.05) is 0 Å². The van der Waals surface area contributed by atoms with Gasteiger partial charge in [0.2, 0.25) is 6.79 Å². The molecule has 1 amide bonds. The molecule has 0 saturated carbocycles. The molecular formula is C17H18N2O5. The molecule has 0 atom stereocenters. The molecule has 0 spiro atoms. The molecule has 126 valence electrons. The summed E-state index contributed by atoms with van der Waals surface area (Å²) in [6.07, 6.45) is 1.44. The minimum Gasteiger partial charge on any atom is -0.467 e. The number of hydrogen-bond donors (Lipinski definition) is 1. The first-order valence-electron chi connectivity index (χ1n) is 7.56. The molecule has 1 aliphatic rings. The fourth-order valence-corrected chi connectivity index (χ4v) is 2.09. The zero-order chi connectivity index (χ0) is 16.9. The lowest BCUT2D eigenvalue weighted by Gasteiger charge is -2.13. The second-order valence-electron chi connectivity index (χ2n) is 5.39. The molecule has 0 unspecified atom stereocenters. The lowest BCUT2D eigenvalue weighted by molar-refractivity contribution is 0.0959. The summed E-state index contributed by atoms with van der Waals surface area (Å²) in [6.45, 7) is 4.15. The number of nitrogens with one attached hydrogen (secondary N) is 1. The van der Waals surface area contributed by atoms with Crippen LogP contribution in [0.5, 0.6) is 11.5 Å². The van der Waals surface area contributed by atoms with Crippen molar-refractivity contribution < 1.29 is 23.4 Å². The summed E-state index contributed by atoms with van der Waals surface area (Å²) >= 11 is 0. The molecule has 0 radical (unpaired) electrons. The minimum atomic E-state index is -0.341. The highest BCUT2D eigenvalue weighted by atomic mass is 16.7. The zero-order valence-corrected chi connectivity index (χ0v) is 13.4. The van der Waals surface area contributed by atoms with Crippen LogP contribution in [0.25, 0.3) is 0 Å². The van der Waals surface area contributed by atoms with Gasteiger partial charge >= 0.3 is 0 Å². The molecule has 3 rings (SSSR count). The Kier molecular flexibility index (Phi) is 4.69. The third-order valence-electron chi connectivity index (χ3n) is 3.16. The molecule has 1 aliphatic heterocycles. The van der Waals surface area contributed by atoms with Gasteiger partial charge in [0.1, 0.15) is 12.3 Å². The summed E-state index contributed by atoms with van der Waals surface area (Å²) in [5, 5.41) is 2.67. The number of aliphatic imine (C=N–C) groups is 1. The van der Waals surface area contributed by atoms with Gasteiger partial charge in [-0.15, -0.1) is 0 Å². The van der Waals surface area contributed by atoms with E-state index in [1.165, 1.54) is 0 Å². The summed E-state index contributed by atoms with van der Waals surface area (Å²) in [4.78, 5) is 16.7. The first-order chi connectivity index (χ1) is 11.6. The number of nitrogens with zero attached hydrogens (tertiary/aromatic N) is 1. The monoisotopic (exact) mass is 330 g/mol. The lowest BCUT2D eigenvalue weighted by Crippen LogP contribution is -2.34. The Labute approximate surface area is 139 Å². The summed E-state index contributed by atoms with van der Waals surface area (Å²) in [5.74, 6) is 1.50. The number of amides is 1. The maximum Gasteiger partial charge on any atom is 0.292 e. The second-order valence-corrected chi connectivity index (χ2v) is 5.39. The van der Waals surface area contributed by atoms with Gasteiger partial charge in [-0.25, -0.2) is 4.99 Å². The molecule has 0 bridgehead atoms. The molecule has 24 heavy (non-hydrogen) atoms. The molecule has 7 heteroatoms. The Hall–Kier alpha value is -2.96. The van der Waals surface area contributed by atoms with E-state index in [4.69, 9.17) is 18.6 Å². The average Bonchev–Trinajstić information content (AvgIpc) is 3.22. The van der Waals surface area contributed by atoms with Crippen molar-refractivity contribution in [2.45, 2.75) is 26.5 Å². The van der Waals surface area contributed by atoms with Crippen LogP contribution in [0.1, 0.15) is 30.0 Å². The number of ether oxygens (including phenoxy) is 3. The van der Waals surface area contributed by atoms with Crippen molar-refractivity contribution in [3.63, 3.8) is 0 Å². The van der Waals surface area contributed by atoms with Gasteiger partial charge in [0, 0.05) is 5.56 Å². The number of furan rings is 1. The van der Waals surface area contributed by atoms with Gasteiger partial charge < -0.3 is 18.6 Å². The van der Waals surface area contributed by atoms with Gasteiger partial charge in [-0.2, -0.15) is 0 Å². The number of rotatable bonds is 4. The van der Waals surface area contributed by atoms with Crippen molar-refractivity contribution in [1.82, 2.24) is 5.32 Å². The van der Waals surface area contributed by atoms with E-state index in [-0.39, 0.29) is 31.4 Å². The van der Waals surface area contributed by atoms with Crippen LogP contribution in [-0.4, -0.2) is 24.8 Å². The number of fused-ring (bicyclic) bond motifs is 1. The van der Waals surface area contributed by atoms with Crippen molar-refractivity contribution in [3.8, 4) is 11.5 Å². The maximum atomic E-state index is 12.4. The topological polar surface area (TPSA) is 82.3 Å². The van der Waals surface area contributed by atoms with Crippen molar-refractivity contribution >= 4 is 11.9 Å². The van der Waals surface area contributed by atoms with Crippen molar-refractivity contribution in [1.29, 1.82) is 0 Å². The van der Waals surface area contributed by atoms with Crippen LogP contribution in [0.2, 0.25) is 0 Å². The van der Waals surface area contributed by atoms with Gasteiger partial charge in [-0.3, -0.25) is 10.1 Å². The third kappa shape index (κ3) is 3.87. The molecule has 1 aromatic heterocycles. The Bertz CT molecular complexity index is 737. The van der Waals surface area contributed by atoms with Crippen LogP contribution in [-0.2, 0) is 11.3 Å². The highest BCUT2D eigenvalue weighted by molar-refractivity contribution is 6.04. The van der Waals surface area contributed by atoms with Crippen LogP contribution >= 0.6 is 0 Å². The van der Waals surface area contributed by atoms with Crippen LogP contribution in [0, 0.1) is 0 Å². The Morgan fingerprint density at radius 3 is 2.88 bits per heavy atom. The minimum absolute atomic E-state index is 0.127. The number of benzene rings is 1. The van der Waals surface area contributed by atoms with E-state index in [0.29, 0.717) is 22.8 Å². The van der Waals surface area contributed by atoms with E-state index >= 15 is 0 Å². The predicted molar refractivity (Wildman–Crippen MR) is 86.1 cm³/mol. The van der Waals surface area contributed by atoms with E-state index in [1.807, 2.05) is 13.8 Å². The molecule has 1 aromatic carbocycles. The lowest BCUT2D eigenvalue weighted by atomic mass is 10.2. The number of carbonyl (C=O) groups excluding carboxylic acids is 1. The zero-order valence-electron chi connectivity index (χ0n) is 13.4. The SMILES string of the molecule is CC(C)OC(=NCc1ccco1)NC(=O)c1ccc2c(c1)OCO2. The molecule has 0 aliphatic carbocycles. The highest BCUT2D eigenvalue weighted by Crippen LogP contribution is 2.32. The average molecular weight is 330 g/mol. The van der Waals surface area contributed by atoms with Crippen LogP contribution in [0.3, 0.4) is 0 Å². The summed E-state index contributed by atoms with van der Waals surface area (Å²) in [7, 11) is 0. The van der Waals surface area contributed by atoms with Gasteiger partial charge in [0.05, 0.1) is 12.4 Å². The van der Waals surface area contributed by atoms with E-state index in [2.05, 4.69) is 10.3 Å². The molecule has 0 fully saturated rings. The van der Waals surface area contributed by atoms with Gasteiger partial charge in [0.25, 0.3) is 11.9 Å². The van der Waals surface area contributed by atoms with Crippen LogP contribution in [0.15, 0.2) is 46.0 Å². The summed E-state index contributed by atoms with van der Waals surface area (Å²) < 4.78 is 21.3. The van der Waals surface area contributed by atoms with E-state index in [1.54, 1.807) is 36.6 Å². The molecule has 0 saturated heterocycles. The predicted octanol–water partition coefficient (Wildman–Crippen LogP) is 2.72. The quantitative estimate of drug-likeness (QED) is 0.688. The van der Waals surface area contributed by atoms with E-state index in [0.717, 1.165) is 0 Å². The Balaban J connectivity index is 1.71. The number of hydrogen-bond acceptors (Lipinski definition) is 6. The van der Waals surface area contributed by atoms with Crippen molar-refractivity contribution in [3.05, 3.63) is 47.9 Å². The fraction of sp³-hybridized carbons (Fsp3) is 0.294. The molecule has 1 N–H and O–H groups in total. The molecule has 2 aromatic rings. The normalized spacial score (nSPS) is 13.2. The summed E-state index contributed by atoms with van der Waals surface area (Å²) in [6, 6.07) is 8.69. The Morgan fingerprint density at radius 2 is 2.12 bits per heavy atom. The Morgan fingerprint density at radius 1 is 1.29 bits per heavy atom. The van der Waals surface area contributed by atoms with Crippen LogP contribution in [0.4, 0.5) is 0 Å². The number of amidine groups is 1. The van der Waals surface area contributed by atoms with Crippen molar-refractivity contribution in [2.24, 2.45) is 4.99 Å². The first kappa shape index (κ1) is 15.9. The smallest absolute Gasteiger partial charge is 0.292 e. The number of carbonyl (C=O) groups is 1. The first-order valence-corrected chi connectivity index (χ1v) is 7.56. The molecule has 7 nitrogen and oxygen atoms in total. The molecule has 2 heterocycles. The summed E-state index contributed by atoms with van der Waals surface area (Å²) in [5.41, 5.74) is 0.428. The van der Waals surface area contributed by atoms with Crippen LogP contribution < -0.4 is 14.8 Å². The van der Waals surface area contributed by atoms with E-state index < -0.39 is 0 Å². The van der Waals surface area contributed by atoms with E-state index in [9.17, 15) is 4.79 Å². The molecular weight excluding hydrogens is 312 g/mol. The van der Waals surface area contributed by atoms with Gasteiger partial charge in [-0.05, 0) is 44.2 Å². The largest absolute Gasteiger partial charge is 0.467 e. The van der Waals surface area contributed by atoms with Crippen molar-refractivity contribution in [2.75, 3.05) is 6.79 Å². The van der Waals surface area contributed by atoms with Gasteiger partial charge in [0.15, 0.2) is 11.5 Å². The highest BCUT2D eigenvalue weighted by Gasteiger charge is 2.17.